The minimum absolute atomic E-state index is 0.0160. The van der Waals surface area contributed by atoms with E-state index in [1.54, 1.807) is 14.2 Å². The molecule has 5 heteroatoms. The number of hydrogen-bond donors (Lipinski definition) is 1. The van der Waals surface area contributed by atoms with E-state index in [1.165, 1.54) is 5.56 Å². The number of hydrogen-bond acceptors (Lipinski definition) is 3. The van der Waals surface area contributed by atoms with E-state index in [-0.39, 0.29) is 5.91 Å². The van der Waals surface area contributed by atoms with Crippen LogP contribution in [0.5, 0.6) is 0 Å². The molecule has 0 aromatic heterocycles. The van der Waals surface area contributed by atoms with Gasteiger partial charge in [-0.15, -0.1) is 0 Å². The molecule has 0 saturated heterocycles. The largest absolute Gasteiger partial charge is 0.397 e. The van der Waals surface area contributed by atoms with Gasteiger partial charge in [-0.2, -0.15) is 0 Å². The van der Waals surface area contributed by atoms with Gasteiger partial charge in [0.05, 0.1) is 0 Å². The maximum atomic E-state index is 12.2. The molecule has 0 heterocycles. The quantitative estimate of drug-likeness (QED) is 0.509. The molecule has 4 nitrogen and oxygen atoms in total. The van der Waals surface area contributed by atoms with Crippen molar-refractivity contribution in [1.82, 2.24) is 5.32 Å². The topological polar surface area (TPSA) is 47.6 Å². The van der Waals surface area contributed by atoms with Crippen molar-refractivity contribution < 1.29 is 13.6 Å². The van der Waals surface area contributed by atoms with Crippen LogP contribution in [0.25, 0.3) is 0 Å². The van der Waals surface area contributed by atoms with Crippen LogP contribution in [0.15, 0.2) is 24.3 Å². The van der Waals surface area contributed by atoms with Crippen LogP contribution in [0.3, 0.4) is 0 Å². The molecule has 1 N–H and O–H groups in total. The van der Waals surface area contributed by atoms with E-state index in [9.17, 15) is 4.79 Å². The fourth-order valence-corrected chi connectivity index (χ4v) is 5.71. The highest BCUT2D eigenvalue weighted by Gasteiger charge is 2.38. The van der Waals surface area contributed by atoms with Gasteiger partial charge in [0.2, 0.25) is 0 Å². The van der Waals surface area contributed by atoms with Crippen LogP contribution < -0.4 is 5.32 Å². The molecule has 0 unspecified atom stereocenters. The van der Waals surface area contributed by atoms with E-state index < -0.39 is 8.56 Å². The van der Waals surface area contributed by atoms with Crippen molar-refractivity contribution in [3.05, 3.63) is 35.4 Å². The smallest absolute Gasteiger partial charge is 0.340 e. The molecule has 1 rings (SSSR count). The molecule has 0 atom stereocenters. The highest BCUT2D eigenvalue weighted by atomic mass is 28.4. The first-order valence-electron chi connectivity index (χ1n) is 8.82. The molecule has 0 radical (unpaired) electrons. The summed E-state index contributed by atoms with van der Waals surface area (Å²) in [5, 5.41) is 2.99. The maximum Gasteiger partial charge on any atom is 0.340 e. The zero-order valence-electron chi connectivity index (χ0n) is 16.0. The third kappa shape index (κ3) is 6.04. The van der Waals surface area contributed by atoms with Crippen molar-refractivity contribution in [2.75, 3.05) is 20.8 Å². The van der Waals surface area contributed by atoms with Gasteiger partial charge in [-0.3, -0.25) is 4.79 Å². The Kier molecular flexibility index (Phi) is 8.66. The van der Waals surface area contributed by atoms with Gasteiger partial charge in [0.15, 0.2) is 0 Å². The number of rotatable bonds is 10. The average Bonchev–Trinajstić information content (AvgIpc) is 2.55. The first-order valence-corrected chi connectivity index (χ1v) is 10.9. The summed E-state index contributed by atoms with van der Waals surface area (Å²) in [6, 6.07) is 8.78. The van der Waals surface area contributed by atoms with E-state index in [1.807, 2.05) is 24.3 Å². The molecular formula is C19H33NO3Si. The van der Waals surface area contributed by atoms with Crippen LogP contribution in [0, 0.1) is 5.92 Å². The Morgan fingerprint density at radius 2 is 1.67 bits per heavy atom. The summed E-state index contributed by atoms with van der Waals surface area (Å²) in [5.74, 6) is 0.606. The van der Waals surface area contributed by atoms with Gasteiger partial charge < -0.3 is 14.2 Å². The van der Waals surface area contributed by atoms with Crippen LogP contribution in [-0.2, 0) is 15.3 Å². The van der Waals surface area contributed by atoms with Gasteiger partial charge in [-0.25, -0.2) is 0 Å². The number of benzene rings is 1. The van der Waals surface area contributed by atoms with Gasteiger partial charge in [0.25, 0.3) is 5.91 Å². The Labute approximate surface area is 148 Å². The number of carbonyl (C=O) groups excluding carboxylic acids is 1. The van der Waals surface area contributed by atoms with E-state index in [4.69, 9.17) is 8.85 Å². The Hall–Kier alpha value is -1.17. The standard InChI is InChI=1S/C19H33NO3Si/c1-15(2)14-17-8-10-18(11-9-17)19(21)20-12-7-13-24(22-5,23-6)16(3)4/h8-11,15-16H,7,12-14H2,1-6H3,(H,20,21). The predicted molar refractivity (Wildman–Crippen MR) is 102 cm³/mol. The zero-order valence-corrected chi connectivity index (χ0v) is 17.0. The fourth-order valence-electron chi connectivity index (χ4n) is 2.95. The van der Waals surface area contributed by atoms with E-state index in [2.05, 4.69) is 33.0 Å². The van der Waals surface area contributed by atoms with Crippen molar-refractivity contribution >= 4 is 14.5 Å². The van der Waals surface area contributed by atoms with Crippen molar-refractivity contribution in [1.29, 1.82) is 0 Å². The Balaban J connectivity index is 2.46. The fraction of sp³-hybridized carbons (Fsp3) is 0.632. The summed E-state index contributed by atoms with van der Waals surface area (Å²) in [4.78, 5) is 12.2. The van der Waals surface area contributed by atoms with Crippen LogP contribution in [0.1, 0.15) is 50.0 Å². The van der Waals surface area contributed by atoms with Crippen LogP contribution in [-0.4, -0.2) is 35.2 Å². The van der Waals surface area contributed by atoms with Gasteiger partial charge in [-0.1, -0.05) is 39.8 Å². The first-order chi connectivity index (χ1) is 11.3. The molecule has 24 heavy (non-hydrogen) atoms. The Morgan fingerprint density at radius 3 is 2.12 bits per heavy atom. The number of amides is 1. The Bertz CT molecular complexity index is 496. The molecule has 0 fully saturated rings. The molecule has 0 bridgehead atoms. The minimum Gasteiger partial charge on any atom is -0.397 e. The first kappa shape index (κ1) is 20.9. The number of carbonyl (C=O) groups is 1. The monoisotopic (exact) mass is 351 g/mol. The second-order valence-corrected chi connectivity index (χ2v) is 11.1. The lowest BCUT2D eigenvalue weighted by atomic mass is 10.0. The summed E-state index contributed by atoms with van der Waals surface area (Å²) < 4.78 is 11.4. The molecule has 0 aliphatic rings. The van der Waals surface area contributed by atoms with Gasteiger partial charge in [0, 0.05) is 26.3 Å². The second-order valence-electron chi connectivity index (χ2n) is 7.03. The summed E-state index contributed by atoms with van der Waals surface area (Å²) in [5.41, 5.74) is 2.37. The van der Waals surface area contributed by atoms with Crippen molar-refractivity contribution in [2.24, 2.45) is 5.92 Å². The number of nitrogens with one attached hydrogen (secondary N) is 1. The van der Waals surface area contributed by atoms with Crippen LogP contribution in [0.4, 0.5) is 0 Å². The van der Waals surface area contributed by atoms with Crippen molar-refractivity contribution in [3.63, 3.8) is 0 Å². The summed E-state index contributed by atoms with van der Waals surface area (Å²) in [6.45, 7) is 9.30. The van der Waals surface area contributed by atoms with Gasteiger partial charge in [-0.05, 0) is 48.0 Å². The predicted octanol–water partition coefficient (Wildman–Crippen LogP) is 4.15. The lowest BCUT2D eigenvalue weighted by Crippen LogP contribution is -2.43. The van der Waals surface area contributed by atoms with Crippen molar-refractivity contribution in [2.45, 2.75) is 52.1 Å². The third-order valence-electron chi connectivity index (χ3n) is 4.42. The molecule has 0 aliphatic carbocycles. The lowest BCUT2D eigenvalue weighted by molar-refractivity contribution is 0.0953. The van der Waals surface area contributed by atoms with Gasteiger partial charge in [0.1, 0.15) is 0 Å². The summed E-state index contributed by atoms with van der Waals surface area (Å²) in [6.07, 6.45) is 1.90. The average molecular weight is 352 g/mol. The van der Waals surface area contributed by atoms with Gasteiger partial charge >= 0.3 is 8.56 Å². The molecule has 136 valence electrons. The highest BCUT2D eigenvalue weighted by molar-refractivity contribution is 6.68. The molecule has 1 amide bonds. The van der Waals surface area contributed by atoms with E-state index >= 15 is 0 Å². The lowest BCUT2D eigenvalue weighted by Gasteiger charge is -2.31. The SMILES string of the molecule is CO[Si](CCCNC(=O)c1ccc(CC(C)C)cc1)(OC)C(C)C. The minimum atomic E-state index is -2.15. The van der Waals surface area contributed by atoms with E-state index in [0.717, 1.165) is 18.9 Å². The molecule has 0 saturated carbocycles. The molecule has 0 aliphatic heterocycles. The van der Waals surface area contributed by atoms with Crippen LogP contribution in [0.2, 0.25) is 11.6 Å². The van der Waals surface area contributed by atoms with Crippen LogP contribution >= 0.6 is 0 Å². The zero-order chi connectivity index (χ0) is 18.2. The molecule has 0 spiro atoms. The van der Waals surface area contributed by atoms with E-state index in [0.29, 0.717) is 23.6 Å². The Morgan fingerprint density at radius 1 is 1.08 bits per heavy atom. The molecule has 1 aromatic carbocycles. The summed E-state index contributed by atoms with van der Waals surface area (Å²) >= 11 is 0. The summed E-state index contributed by atoms with van der Waals surface area (Å²) in [7, 11) is 1.31. The highest BCUT2D eigenvalue weighted by Crippen LogP contribution is 2.27. The third-order valence-corrected chi connectivity index (χ3v) is 8.61. The molecule has 1 aromatic rings. The maximum absolute atomic E-state index is 12.2. The van der Waals surface area contributed by atoms with Crippen molar-refractivity contribution in [3.8, 4) is 0 Å². The second kappa shape index (κ2) is 9.96. The molecular weight excluding hydrogens is 318 g/mol. The normalized spacial score (nSPS) is 12.0.